The summed E-state index contributed by atoms with van der Waals surface area (Å²) < 4.78 is 95.4. The Labute approximate surface area is 271 Å². The highest BCUT2D eigenvalue weighted by Crippen LogP contribution is 2.39. The van der Waals surface area contributed by atoms with Gasteiger partial charge in [-0.3, -0.25) is 23.6 Å². The maximum Gasteiger partial charge on any atom is 0.416 e. The number of benzene rings is 1. The number of ether oxygens (including phenoxy) is 1. The third kappa shape index (κ3) is 14.9. The Morgan fingerprint density at radius 3 is 2.15 bits per heavy atom. The van der Waals surface area contributed by atoms with Crippen molar-refractivity contribution in [2.75, 3.05) is 39.3 Å². The number of aliphatic hydroxyl groups is 1. The van der Waals surface area contributed by atoms with Gasteiger partial charge in [-0.15, -0.1) is 0 Å². The molecular formula is C28H39F3N4O10S2. The van der Waals surface area contributed by atoms with Crippen molar-refractivity contribution >= 4 is 32.1 Å². The predicted molar refractivity (Wildman–Crippen MR) is 164 cm³/mol. The first-order valence-electron chi connectivity index (χ1n) is 14.1. The summed E-state index contributed by atoms with van der Waals surface area (Å²) in [6, 6.07) is 7.89. The second-order valence-electron chi connectivity index (χ2n) is 11.1. The smallest absolute Gasteiger partial charge is 0.416 e. The van der Waals surface area contributed by atoms with Crippen LogP contribution in [0.5, 0.6) is 5.88 Å². The number of halogens is 3. The Morgan fingerprint density at radius 1 is 1.04 bits per heavy atom. The van der Waals surface area contributed by atoms with E-state index in [2.05, 4.69) is 20.5 Å². The number of nitrogens with zero attached hydrogens (tertiary/aromatic N) is 2. The van der Waals surface area contributed by atoms with Gasteiger partial charge in [-0.1, -0.05) is 6.07 Å². The number of likely N-dealkylation sites (tertiary alicyclic amines) is 1. The molecule has 47 heavy (non-hydrogen) atoms. The monoisotopic (exact) mass is 712 g/mol. The average molecular weight is 713 g/mol. The predicted octanol–water partition coefficient (Wildman–Crippen LogP) is 1.87. The molecule has 2 aliphatic rings. The van der Waals surface area contributed by atoms with E-state index in [1.165, 1.54) is 6.07 Å². The fraction of sp³-hybridized carbons (Fsp3) is 0.536. The van der Waals surface area contributed by atoms with Crippen LogP contribution < -0.4 is 15.4 Å². The van der Waals surface area contributed by atoms with Crippen LogP contribution in [0.25, 0.3) is 0 Å². The Hall–Kier alpha value is -3.36. The normalized spacial score (nSPS) is 21.7. The molecule has 1 atom stereocenters. The minimum Gasteiger partial charge on any atom is -0.481 e. The fourth-order valence-corrected chi connectivity index (χ4v) is 5.13. The zero-order chi connectivity index (χ0) is 35.6. The van der Waals surface area contributed by atoms with Gasteiger partial charge in [-0.05, 0) is 56.4 Å². The highest BCUT2D eigenvalue weighted by molar-refractivity contribution is 7.85. The lowest BCUT2D eigenvalue weighted by Gasteiger charge is -2.39. The molecule has 1 aliphatic carbocycles. The molecule has 2 aromatic rings. The van der Waals surface area contributed by atoms with Crippen LogP contribution in [0.4, 0.5) is 13.2 Å². The number of hydrogen-bond donors (Lipinski definition) is 5. The summed E-state index contributed by atoms with van der Waals surface area (Å²) >= 11 is 0. The van der Waals surface area contributed by atoms with E-state index in [4.69, 9.17) is 13.8 Å². The quantitative estimate of drug-likeness (QED) is 0.261. The van der Waals surface area contributed by atoms with Gasteiger partial charge in [0, 0.05) is 48.6 Å². The second kappa shape index (κ2) is 16.6. The highest BCUT2D eigenvalue weighted by atomic mass is 32.2. The number of carbonyl (C=O) groups excluding carboxylic acids is 2. The molecule has 19 heteroatoms. The number of pyridine rings is 1. The van der Waals surface area contributed by atoms with E-state index in [1.807, 2.05) is 6.07 Å². The Balaban J connectivity index is 0.000000670. The van der Waals surface area contributed by atoms with Crippen LogP contribution in [0.15, 0.2) is 42.6 Å². The van der Waals surface area contributed by atoms with Crippen LogP contribution in [-0.4, -0.2) is 104 Å². The summed E-state index contributed by atoms with van der Waals surface area (Å²) in [5, 5.41) is 16.4. The largest absolute Gasteiger partial charge is 0.481 e. The van der Waals surface area contributed by atoms with Gasteiger partial charge in [-0.2, -0.15) is 30.0 Å². The van der Waals surface area contributed by atoms with Gasteiger partial charge in [0.2, 0.25) is 11.8 Å². The second-order valence-corrected chi connectivity index (χ2v) is 14.1. The minimum atomic E-state index is -4.55. The number of rotatable bonds is 7. The number of amides is 2. The molecule has 5 N–H and O–H groups in total. The van der Waals surface area contributed by atoms with Crippen LogP contribution in [-0.2, 0) is 36.8 Å². The molecule has 0 radical (unpaired) electrons. The summed E-state index contributed by atoms with van der Waals surface area (Å²) in [5.74, 6) is -0.630. The standard InChI is InChI=1S/C26H31F3N4O4.2CH4O3S/c1-37-23-6-5-19(14-30-23)25(36)10-7-21(8-11-25)33-12-9-20(16-33)32-22(34)15-31-24(35)17-3-2-4-18(13-17)26(27,28)29;2*1-5(2,3)4/h2-6,13-14,20-21,36H,7-12,15-16H2,1H3,(H,31,35)(H,32,34);2*1H3,(H,2,3,4)/t20-,21-,25-;;/m1../s1. The van der Waals surface area contributed by atoms with Crippen LogP contribution >= 0.6 is 0 Å². The summed E-state index contributed by atoms with van der Waals surface area (Å²) in [4.78, 5) is 31.1. The van der Waals surface area contributed by atoms with Gasteiger partial charge in [0.15, 0.2) is 0 Å². The maximum absolute atomic E-state index is 12.9. The van der Waals surface area contributed by atoms with Crippen molar-refractivity contribution < 1.29 is 58.5 Å². The summed E-state index contributed by atoms with van der Waals surface area (Å²) in [6.45, 7) is 1.16. The van der Waals surface area contributed by atoms with Gasteiger partial charge < -0.3 is 20.5 Å². The molecule has 1 saturated carbocycles. The lowest BCUT2D eigenvalue weighted by molar-refractivity contribution is -0.137. The Bertz CT molecular complexity index is 1520. The molecule has 0 unspecified atom stereocenters. The third-order valence-electron chi connectivity index (χ3n) is 7.23. The van der Waals surface area contributed by atoms with Crippen molar-refractivity contribution in [3.63, 3.8) is 0 Å². The molecule has 2 heterocycles. The van der Waals surface area contributed by atoms with Gasteiger partial charge in [0.1, 0.15) is 0 Å². The maximum atomic E-state index is 12.9. The van der Waals surface area contributed by atoms with Crippen molar-refractivity contribution in [3.8, 4) is 5.88 Å². The molecule has 1 aliphatic heterocycles. The molecule has 1 aromatic heterocycles. The number of methoxy groups -OCH3 is 1. The first-order valence-corrected chi connectivity index (χ1v) is 17.8. The lowest BCUT2D eigenvalue weighted by atomic mass is 9.78. The fourth-order valence-electron chi connectivity index (χ4n) is 5.13. The highest BCUT2D eigenvalue weighted by Gasteiger charge is 2.39. The minimum absolute atomic E-state index is 0.0791. The zero-order valence-electron chi connectivity index (χ0n) is 25.9. The summed E-state index contributed by atoms with van der Waals surface area (Å²) in [5.41, 5.74) is -1.21. The molecule has 0 spiro atoms. The Morgan fingerprint density at radius 2 is 1.64 bits per heavy atom. The molecule has 0 bridgehead atoms. The van der Waals surface area contributed by atoms with Crippen LogP contribution in [0, 0.1) is 0 Å². The van der Waals surface area contributed by atoms with E-state index in [1.54, 1.807) is 19.4 Å². The van der Waals surface area contributed by atoms with E-state index in [0.717, 1.165) is 49.6 Å². The molecule has 14 nitrogen and oxygen atoms in total. The van der Waals surface area contributed by atoms with Gasteiger partial charge >= 0.3 is 6.18 Å². The van der Waals surface area contributed by atoms with Crippen molar-refractivity contribution in [1.29, 1.82) is 0 Å². The van der Waals surface area contributed by atoms with Crippen LogP contribution in [0.2, 0.25) is 0 Å². The van der Waals surface area contributed by atoms with Gasteiger partial charge in [0.05, 0.1) is 37.3 Å². The van der Waals surface area contributed by atoms with Crippen molar-refractivity contribution in [2.45, 2.75) is 56.0 Å². The van der Waals surface area contributed by atoms with E-state index in [0.29, 0.717) is 43.8 Å². The third-order valence-corrected chi connectivity index (χ3v) is 7.23. The van der Waals surface area contributed by atoms with Gasteiger partial charge in [0.25, 0.3) is 26.1 Å². The zero-order valence-corrected chi connectivity index (χ0v) is 27.5. The summed E-state index contributed by atoms with van der Waals surface area (Å²) in [6.07, 6.45) is 2.16. The summed E-state index contributed by atoms with van der Waals surface area (Å²) in [7, 11) is -5.79. The molecule has 264 valence electrons. The molecule has 2 amide bonds. The number of aromatic nitrogens is 1. The number of nitrogens with one attached hydrogen (secondary N) is 2. The molecule has 4 rings (SSSR count). The van der Waals surface area contributed by atoms with Crippen LogP contribution in [0.3, 0.4) is 0 Å². The molecular weight excluding hydrogens is 673 g/mol. The topological polar surface area (TPSA) is 213 Å². The molecule has 2 fully saturated rings. The average Bonchev–Trinajstić information content (AvgIpc) is 3.42. The van der Waals surface area contributed by atoms with E-state index >= 15 is 0 Å². The number of carbonyl (C=O) groups is 2. The van der Waals surface area contributed by atoms with Crippen LogP contribution in [0.1, 0.15) is 53.6 Å². The van der Waals surface area contributed by atoms with E-state index in [9.17, 15) is 44.7 Å². The first kappa shape index (κ1) is 39.8. The Kier molecular flexibility index (Phi) is 14.1. The SMILES string of the molecule is COc1ccc([C@]2(O)CC[C@H](N3CC[C@@H](NC(=O)CNC(=O)c4cccc(C(F)(F)F)c4)C3)CC2)cn1.CS(=O)(=O)O.CS(=O)(=O)O. The first-order chi connectivity index (χ1) is 21.6. The molecule has 1 aromatic carbocycles. The van der Waals surface area contributed by atoms with Crippen molar-refractivity contribution in [3.05, 3.63) is 59.3 Å². The van der Waals surface area contributed by atoms with Crippen molar-refractivity contribution in [1.82, 2.24) is 20.5 Å². The number of alkyl halides is 3. The lowest BCUT2D eigenvalue weighted by Crippen LogP contribution is -2.45. The van der Waals surface area contributed by atoms with E-state index in [-0.39, 0.29) is 18.2 Å². The van der Waals surface area contributed by atoms with Crippen molar-refractivity contribution in [2.24, 2.45) is 0 Å². The van der Waals surface area contributed by atoms with E-state index < -0.39 is 49.4 Å². The number of hydrogen-bond acceptors (Lipinski definition) is 10. The molecule has 1 saturated heterocycles. The van der Waals surface area contributed by atoms with Gasteiger partial charge in [-0.25, -0.2) is 4.98 Å².